The molecule has 0 spiro atoms. The highest BCUT2D eigenvalue weighted by Gasteiger charge is 2.34. The van der Waals surface area contributed by atoms with Gasteiger partial charge >= 0.3 is 5.97 Å². The van der Waals surface area contributed by atoms with Gasteiger partial charge in [0.1, 0.15) is 11.9 Å². The Bertz CT molecular complexity index is 738. The lowest BCUT2D eigenvalue weighted by atomic mass is 9.93. The number of amides is 1. The van der Waals surface area contributed by atoms with Crippen LogP contribution in [-0.4, -0.2) is 37.5 Å². The van der Waals surface area contributed by atoms with Crippen LogP contribution in [-0.2, 0) is 29.1 Å². The number of carbonyl (C=O) groups is 2. The molecule has 1 aliphatic rings. The predicted octanol–water partition coefficient (Wildman–Crippen LogP) is 1.62. The second-order valence-corrected chi connectivity index (χ2v) is 5.77. The Labute approximate surface area is 134 Å². The van der Waals surface area contributed by atoms with Crippen LogP contribution in [0.15, 0.2) is 36.7 Å². The molecule has 1 amide bonds. The van der Waals surface area contributed by atoms with Gasteiger partial charge in [-0.15, -0.1) is 0 Å². The first kappa shape index (κ1) is 15.3. The largest absolute Gasteiger partial charge is 0.480 e. The van der Waals surface area contributed by atoms with E-state index in [1.165, 1.54) is 4.90 Å². The number of imidazole rings is 1. The highest BCUT2D eigenvalue weighted by atomic mass is 16.4. The SMILES string of the molecule is Cc1nccn1CCC(=O)N1Cc2ccccc2C[C@H]1C(=O)O. The van der Waals surface area contributed by atoms with Crippen LogP contribution < -0.4 is 0 Å². The Balaban J connectivity index is 1.75. The van der Waals surface area contributed by atoms with Crippen LogP contribution in [0, 0.1) is 6.92 Å². The Morgan fingerprint density at radius 2 is 2.04 bits per heavy atom. The molecular formula is C17H19N3O3. The minimum atomic E-state index is -0.952. The fourth-order valence-corrected chi connectivity index (χ4v) is 3.01. The van der Waals surface area contributed by atoms with Gasteiger partial charge in [-0.3, -0.25) is 4.79 Å². The average molecular weight is 313 g/mol. The number of aryl methyl sites for hydroxylation is 2. The molecule has 6 nitrogen and oxygen atoms in total. The first-order valence-electron chi connectivity index (χ1n) is 7.63. The van der Waals surface area contributed by atoms with Gasteiger partial charge in [-0.1, -0.05) is 24.3 Å². The van der Waals surface area contributed by atoms with E-state index in [0.717, 1.165) is 17.0 Å². The van der Waals surface area contributed by atoms with Gasteiger partial charge in [-0.25, -0.2) is 9.78 Å². The van der Waals surface area contributed by atoms with Crippen LogP contribution in [0.5, 0.6) is 0 Å². The zero-order valence-corrected chi connectivity index (χ0v) is 13.0. The van der Waals surface area contributed by atoms with E-state index in [4.69, 9.17) is 0 Å². The van der Waals surface area contributed by atoms with Crippen molar-refractivity contribution in [3.8, 4) is 0 Å². The Hall–Kier alpha value is -2.63. The molecule has 0 unspecified atom stereocenters. The molecule has 0 saturated heterocycles. The fourth-order valence-electron chi connectivity index (χ4n) is 3.01. The van der Waals surface area contributed by atoms with Gasteiger partial charge in [-0.2, -0.15) is 0 Å². The normalized spacial score (nSPS) is 16.9. The number of aromatic nitrogens is 2. The molecule has 0 fully saturated rings. The molecular weight excluding hydrogens is 294 g/mol. The van der Waals surface area contributed by atoms with Crippen molar-refractivity contribution in [1.82, 2.24) is 14.5 Å². The van der Waals surface area contributed by atoms with Crippen molar-refractivity contribution in [2.75, 3.05) is 0 Å². The van der Waals surface area contributed by atoms with E-state index in [0.29, 0.717) is 19.5 Å². The molecule has 2 heterocycles. The van der Waals surface area contributed by atoms with Crippen molar-refractivity contribution in [3.63, 3.8) is 0 Å². The lowest BCUT2D eigenvalue weighted by molar-refractivity contribution is -0.151. The molecule has 6 heteroatoms. The van der Waals surface area contributed by atoms with Crippen LogP contribution in [0.3, 0.4) is 0 Å². The monoisotopic (exact) mass is 313 g/mol. The Kier molecular flexibility index (Phi) is 4.14. The van der Waals surface area contributed by atoms with E-state index in [2.05, 4.69) is 4.98 Å². The first-order chi connectivity index (χ1) is 11.1. The van der Waals surface area contributed by atoms with E-state index < -0.39 is 12.0 Å². The minimum Gasteiger partial charge on any atom is -0.480 e. The van der Waals surface area contributed by atoms with Crippen molar-refractivity contribution >= 4 is 11.9 Å². The summed E-state index contributed by atoms with van der Waals surface area (Å²) in [5, 5.41) is 9.47. The Morgan fingerprint density at radius 3 is 2.70 bits per heavy atom. The molecule has 0 radical (unpaired) electrons. The zero-order valence-electron chi connectivity index (χ0n) is 13.0. The molecule has 1 aliphatic heterocycles. The lowest BCUT2D eigenvalue weighted by Gasteiger charge is -2.34. The summed E-state index contributed by atoms with van der Waals surface area (Å²) in [6, 6.07) is 6.91. The predicted molar refractivity (Wildman–Crippen MR) is 83.7 cm³/mol. The summed E-state index contributed by atoms with van der Waals surface area (Å²) in [5.41, 5.74) is 2.03. The van der Waals surface area contributed by atoms with Crippen LogP contribution in [0.1, 0.15) is 23.4 Å². The van der Waals surface area contributed by atoms with Gasteiger partial charge in [0.05, 0.1) is 0 Å². The lowest BCUT2D eigenvalue weighted by Crippen LogP contribution is -2.48. The van der Waals surface area contributed by atoms with Gasteiger partial charge < -0.3 is 14.6 Å². The number of rotatable bonds is 4. The van der Waals surface area contributed by atoms with E-state index in [9.17, 15) is 14.7 Å². The maximum atomic E-state index is 12.6. The number of carboxylic acid groups (broad SMARTS) is 1. The number of hydrogen-bond donors (Lipinski definition) is 1. The summed E-state index contributed by atoms with van der Waals surface area (Å²) in [6.45, 7) is 2.74. The highest BCUT2D eigenvalue weighted by Crippen LogP contribution is 2.24. The van der Waals surface area contributed by atoms with Crippen molar-refractivity contribution in [3.05, 3.63) is 53.6 Å². The molecule has 120 valence electrons. The van der Waals surface area contributed by atoms with Gasteiger partial charge in [0.15, 0.2) is 0 Å². The Morgan fingerprint density at radius 1 is 1.30 bits per heavy atom. The standard InChI is InChI=1S/C17H19N3O3/c1-12-18-7-9-19(12)8-6-16(21)20-11-14-5-3-2-4-13(14)10-15(20)17(22)23/h2-5,7,9,15H,6,8,10-11H2,1H3,(H,22,23)/t15-/m0/s1. The summed E-state index contributed by atoms with van der Waals surface area (Å²) in [6.07, 6.45) is 4.14. The summed E-state index contributed by atoms with van der Waals surface area (Å²) < 4.78 is 1.89. The van der Waals surface area contributed by atoms with Gasteiger partial charge in [-0.05, 0) is 18.1 Å². The van der Waals surface area contributed by atoms with Crippen molar-refractivity contribution in [2.24, 2.45) is 0 Å². The van der Waals surface area contributed by atoms with Crippen molar-refractivity contribution in [1.29, 1.82) is 0 Å². The van der Waals surface area contributed by atoms with Crippen molar-refractivity contribution in [2.45, 2.75) is 38.9 Å². The molecule has 1 N–H and O–H groups in total. The summed E-state index contributed by atoms with van der Waals surface area (Å²) in [7, 11) is 0. The van der Waals surface area contributed by atoms with Crippen LogP contribution in [0.4, 0.5) is 0 Å². The molecule has 1 atom stereocenters. The molecule has 23 heavy (non-hydrogen) atoms. The molecule has 1 aromatic carbocycles. The van der Waals surface area contributed by atoms with E-state index in [1.54, 1.807) is 6.20 Å². The third kappa shape index (κ3) is 3.11. The number of hydrogen-bond acceptors (Lipinski definition) is 3. The highest BCUT2D eigenvalue weighted by molar-refractivity contribution is 5.84. The summed E-state index contributed by atoms with van der Waals surface area (Å²) in [5.74, 6) is -0.247. The molecule has 0 aliphatic carbocycles. The summed E-state index contributed by atoms with van der Waals surface area (Å²) >= 11 is 0. The van der Waals surface area contributed by atoms with Crippen LogP contribution >= 0.6 is 0 Å². The van der Waals surface area contributed by atoms with Gasteiger partial charge in [0.2, 0.25) is 5.91 Å². The van der Waals surface area contributed by atoms with E-state index in [-0.39, 0.29) is 12.3 Å². The van der Waals surface area contributed by atoms with E-state index in [1.807, 2.05) is 42.0 Å². The topological polar surface area (TPSA) is 75.4 Å². The molecule has 1 aromatic heterocycles. The smallest absolute Gasteiger partial charge is 0.326 e. The average Bonchev–Trinajstić information content (AvgIpc) is 2.96. The van der Waals surface area contributed by atoms with Crippen LogP contribution in [0.25, 0.3) is 0 Å². The van der Waals surface area contributed by atoms with Crippen LogP contribution in [0.2, 0.25) is 0 Å². The van der Waals surface area contributed by atoms with E-state index >= 15 is 0 Å². The number of aliphatic carboxylic acids is 1. The minimum absolute atomic E-state index is 0.139. The zero-order chi connectivity index (χ0) is 16.4. The molecule has 0 saturated carbocycles. The fraction of sp³-hybridized carbons (Fsp3) is 0.353. The second kappa shape index (κ2) is 6.24. The van der Waals surface area contributed by atoms with Gasteiger partial charge in [0.25, 0.3) is 0 Å². The maximum absolute atomic E-state index is 12.6. The number of carbonyl (C=O) groups excluding carboxylic acids is 1. The summed E-state index contributed by atoms with van der Waals surface area (Å²) in [4.78, 5) is 29.7. The molecule has 0 bridgehead atoms. The van der Waals surface area contributed by atoms with Crippen molar-refractivity contribution < 1.29 is 14.7 Å². The second-order valence-electron chi connectivity index (χ2n) is 5.77. The number of fused-ring (bicyclic) bond motifs is 1. The number of nitrogens with zero attached hydrogens (tertiary/aromatic N) is 3. The third-order valence-electron chi connectivity index (χ3n) is 4.34. The number of carboxylic acids is 1. The number of benzene rings is 1. The maximum Gasteiger partial charge on any atom is 0.326 e. The molecule has 3 rings (SSSR count). The van der Waals surface area contributed by atoms with Gasteiger partial charge in [0, 0.05) is 38.3 Å². The quantitative estimate of drug-likeness (QED) is 0.930. The first-order valence-corrected chi connectivity index (χ1v) is 7.63. The molecule has 2 aromatic rings. The third-order valence-corrected chi connectivity index (χ3v) is 4.34.